The predicted molar refractivity (Wildman–Crippen MR) is 271 cm³/mol. The summed E-state index contributed by atoms with van der Waals surface area (Å²) < 4.78 is 131. The zero-order chi connectivity index (χ0) is 55.5. The Hall–Kier alpha value is -1.37. The van der Waals surface area contributed by atoms with Gasteiger partial charge in [-0.2, -0.15) is 0 Å². The van der Waals surface area contributed by atoms with Crippen LogP contribution in [0.5, 0.6) is 0 Å². The molecule has 0 aromatic rings. The van der Waals surface area contributed by atoms with Gasteiger partial charge in [-0.25, -0.2) is 0 Å². The molecule has 0 aromatic heterocycles. The monoisotopic (exact) mass is 1100 g/mol. The molecule has 0 radical (unpaired) electrons. The Labute approximate surface area is 452 Å². The molecular formula is C53H97NO22. The minimum atomic E-state index is -0.874. The molecule has 0 bridgehead atoms. The summed E-state index contributed by atoms with van der Waals surface area (Å²) in [6.07, 6.45) is -9.90. The van der Waals surface area contributed by atoms with Crippen LogP contribution < -0.4 is 5.32 Å². The Bertz CT molecular complexity index is 1590. The molecule has 5 aliphatic rings. The minimum Gasteiger partial charge on any atom is -0.378 e. The second-order valence-electron chi connectivity index (χ2n) is 20.1. The summed E-state index contributed by atoms with van der Waals surface area (Å²) in [6, 6.07) is 0. The maximum Gasteiger partial charge on any atom is 0.216 e. The van der Waals surface area contributed by atoms with Crippen LogP contribution in [0.1, 0.15) is 74.7 Å². The Morgan fingerprint density at radius 2 is 0.882 bits per heavy atom. The van der Waals surface area contributed by atoms with Gasteiger partial charge in [0.15, 0.2) is 31.5 Å². The first-order valence-electron chi connectivity index (χ1n) is 27.4. The topological polar surface area (TPSA) is 223 Å². The lowest BCUT2D eigenvalue weighted by atomic mass is 9.83. The highest BCUT2D eigenvalue weighted by atomic mass is 16.8. The smallest absolute Gasteiger partial charge is 0.216 e. The van der Waals surface area contributed by atoms with Crippen LogP contribution in [0.15, 0.2) is 0 Å². The van der Waals surface area contributed by atoms with Crippen molar-refractivity contribution < 1.29 is 104 Å². The molecule has 76 heavy (non-hydrogen) atoms. The van der Waals surface area contributed by atoms with Crippen molar-refractivity contribution in [3.05, 3.63) is 0 Å². The van der Waals surface area contributed by atoms with E-state index in [1.807, 2.05) is 27.7 Å². The third-order valence-corrected chi connectivity index (χ3v) is 15.5. The zero-order valence-electron chi connectivity index (χ0n) is 48.3. The molecule has 1 amide bonds. The number of methoxy groups -OCH3 is 8. The van der Waals surface area contributed by atoms with Gasteiger partial charge in [0.25, 0.3) is 0 Å². The lowest BCUT2D eigenvalue weighted by molar-refractivity contribution is -0.380. The second kappa shape index (κ2) is 33.5. The number of ether oxygens (including phenoxy) is 21. The SMILES string of the molecule is CC[C@H]1O[C@H](O[C@H]2[C@H](OC)[C@@H](OC)[C@H](O[C@H]3[C@H](C)[C@@H](C)[C@@H](O[C@@H]4CO[C@@H](O[C@H]5[C@H](OC)[C@@H](C)[C@@H](OC)O[C@@H]5CC)[C@H](OC)C4OC)O[C@@H]3CC)O[C@@H]2C)[C@H](OC)[C@@H](OC)C1OCCOCCOCCOCCNC(C)=O. The van der Waals surface area contributed by atoms with E-state index in [1.165, 1.54) is 6.92 Å². The Kier molecular flexibility index (Phi) is 28.9. The first-order chi connectivity index (χ1) is 36.7. The van der Waals surface area contributed by atoms with Crippen molar-refractivity contribution >= 4 is 5.91 Å². The van der Waals surface area contributed by atoms with Crippen molar-refractivity contribution in [2.24, 2.45) is 17.8 Å². The molecule has 5 rings (SSSR count). The van der Waals surface area contributed by atoms with Crippen LogP contribution in [0.25, 0.3) is 0 Å². The van der Waals surface area contributed by atoms with Gasteiger partial charge in [-0.3, -0.25) is 4.79 Å². The van der Waals surface area contributed by atoms with Gasteiger partial charge in [-0.05, 0) is 32.1 Å². The highest BCUT2D eigenvalue weighted by Gasteiger charge is 2.55. The van der Waals surface area contributed by atoms with Crippen molar-refractivity contribution in [3.63, 3.8) is 0 Å². The normalized spacial score (nSPS) is 41.3. The van der Waals surface area contributed by atoms with E-state index >= 15 is 0 Å². The molecule has 23 heteroatoms. The van der Waals surface area contributed by atoms with Gasteiger partial charge in [0.2, 0.25) is 5.91 Å². The van der Waals surface area contributed by atoms with E-state index in [0.29, 0.717) is 72.1 Å². The zero-order valence-corrected chi connectivity index (χ0v) is 48.3. The quantitative estimate of drug-likeness (QED) is 0.0955. The lowest BCUT2D eigenvalue weighted by Crippen LogP contribution is -2.65. The summed E-state index contributed by atoms with van der Waals surface area (Å²) in [4.78, 5) is 11.0. The van der Waals surface area contributed by atoms with Crippen LogP contribution >= 0.6 is 0 Å². The average molecular weight is 1100 g/mol. The highest BCUT2D eigenvalue weighted by molar-refractivity contribution is 5.72. The summed E-state index contributed by atoms with van der Waals surface area (Å²) in [5.41, 5.74) is 0. The minimum absolute atomic E-state index is 0.0632. The largest absolute Gasteiger partial charge is 0.378 e. The Morgan fingerprint density at radius 1 is 0.421 bits per heavy atom. The molecule has 2 unspecified atom stereocenters. The summed E-state index contributed by atoms with van der Waals surface area (Å²) in [7, 11) is 13.0. The van der Waals surface area contributed by atoms with Crippen LogP contribution in [0.2, 0.25) is 0 Å². The van der Waals surface area contributed by atoms with E-state index < -0.39 is 111 Å². The second-order valence-corrected chi connectivity index (χ2v) is 20.1. The fraction of sp³-hybridized carbons (Fsp3) is 0.981. The molecule has 0 saturated carbocycles. The summed E-state index contributed by atoms with van der Waals surface area (Å²) in [5, 5.41) is 2.68. The fourth-order valence-electron chi connectivity index (χ4n) is 11.2. The summed E-state index contributed by atoms with van der Waals surface area (Å²) >= 11 is 0. The number of amides is 1. The van der Waals surface area contributed by atoms with Crippen LogP contribution in [0.4, 0.5) is 0 Å². The van der Waals surface area contributed by atoms with Crippen molar-refractivity contribution in [2.75, 3.05) is 116 Å². The van der Waals surface area contributed by atoms with Gasteiger partial charge in [0.05, 0.1) is 89.5 Å². The number of rotatable bonds is 32. The molecule has 0 spiro atoms. The van der Waals surface area contributed by atoms with Gasteiger partial charge in [-0.15, -0.1) is 0 Å². The van der Waals surface area contributed by atoms with E-state index in [4.69, 9.17) is 99.5 Å². The van der Waals surface area contributed by atoms with Gasteiger partial charge in [0.1, 0.15) is 61.0 Å². The molecule has 5 saturated heterocycles. The first kappa shape index (κ1) is 65.4. The van der Waals surface area contributed by atoms with Crippen LogP contribution in [0.3, 0.4) is 0 Å². The number of nitrogens with one attached hydrogen (secondary N) is 1. The molecule has 0 aliphatic carbocycles. The van der Waals surface area contributed by atoms with Crippen LogP contribution in [-0.4, -0.2) is 251 Å². The number of hydrogen-bond acceptors (Lipinski definition) is 22. The standard InChI is InChI=1S/C53H97NO22/c1-17-34-38(29(4)30(5)50(71-34)73-37-28-68-51(46(60-13)41(37)57-10)76-43-36(19-3)70-49(63-16)31(6)39(43)56-9)74-52-47(61-14)44(58-11)40(32(7)69-52)75-53-48(62-15)45(59-12)42(35(18-2)72-53)67-27-26-66-25-24-65-23-22-64-21-20-54-33(8)55/h29-32,34-53H,17-28H2,1-16H3,(H,54,55)/t29-,30-,31-,32-,34-,35-,36-,37-,38+,39-,40-,41?,42?,43-,44+,45+,46-,47-,48-,49+,50-,51+,52+,53-/m1/s1. The third kappa shape index (κ3) is 16.6. The predicted octanol–water partition coefficient (Wildman–Crippen LogP) is 3.26. The van der Waals surface area contributed by atoms with E-state index in [9.17, 15) is 4.79 Å². The fourth-order valence-corrected chi connectivity index (χ4v) is 11.2. The molecule has 23 nitrogen and oxygen atoms in total. The first-order valence-corrected chi connectivity index (χ1v) is 27.4. The van der Waals surface area contributed by atoms with Crippen LogP contribution in [0, 0.1) is 17.8 Å². The van der Waals surface area contributed by atoms with Crippen molar-refractivity contribution in [3.8, 4) is 0 Å². The highest BCUT2D eigenvalue weighted by Crippen LogP contribution is 2.41. The molecular weight excluding hydrogens is 1000 g/mol. The van der Waals surface area contributed by atoms with Crippen molar-refractivity contribution in [1.82, 2.24) is 5.32 Å². The molecule has 0 aromatic carbocycles. The van der Waals surface area contributed by atoms with E-state index in [2.05, 4.69) is 26.1 Å². The number of hydrogen-bond donors (Lipinski definition) is 1. The maximum atomic E-state index is 11.0. The van der Waals surface area contributed by atoms with E-state index in [-0.39, 0.29) is 48.6 Å². The van der Waals surface area contributed by atoms with Gasteiger partial charge < -0.3 is 105 Å². The number of carbonyl (C=O) groups excluding carboxylic acids is 1. The summed E-state index contributed by atoms with van der Waals surface area (Å²) in [6.45, 7) is 19.1. The van der Waals surface area contributed by atoms with Crippen molar-refractivity contribution in [1.29, 1.82) is 0 Å². The maximum absolute atomic E-state index is 11.0. The molecule has 5 fully saturated rings. The van der Waals surface area contributed by atoms with Crippen molar-refractivity contribution in [2.45, 2.75) is 204 Å². The van der Waals surface area contributed by atoms with Gasteiger partial charge in [0, 0.05) is 82.2 Å². The molecule has 5 aliphatic heterocycles. The number of carbonyl (C=O) groups is 1. The lowest BCUT2D eigenvalue weighted by Gasteiger charge is -2.51. The molecule has 24 atom stereocenters. The molecule has 5 heterocycles. The molecule has 446 valence electrons. The average Bonchev–Trinajstić information content (AvgIpc) is 3.42. The van der Waals surface area contributed by atoms with E-state index in [1.54, 1.807) is 56.9 Å². The Balaban J connectivity index is 1.16. The van der Waals surface area contributed by atoms with Gasteiger partial charge >= 0.3 is 0 Å². The summed E-state index contributed by atoms with van der Waals surface area (Å²) in [5.74, 6) is -0.388. The Morgan fingerprint density at radius 3 is 1.43 bits per heavy atom. The van der Waals surface area contributed by atoms with Gasteiger partial charge in [-0.1, -0.05) is 41.5 Å². The van der Waals surface area contributed by atoms with Crippen LogP contribution in [-0.2, 0) is 104 Å². The third-order valence-electron chi connectivity index (χ3n) is 15.5. The van der Waals surface area contributed by atoms with E-state index in [0.717, 1.165) is 0 Å². The molecule has 1 N–H and O–H groups in total.